The van der Waals surface area contributed by atoms with Gasteiger partial charge >= 0.3 is 12.4 Å². The van der Waals surface area contributed by atoms with E-state index in [1.165, 1.54) is 0 Å². The number of nitrogens with zero attached hydrogens (tertiary/aromatic N) is 2. The van der Waals surface area contributed by atoms with E-state index in [1.54, 1.807) is 4.90 Å². The normalized spacial score (nSPS) is 19.3. The Labute approximate surface area is 130 Å². The van der Waals surface area contributed by atoms with Crippen LogP contribution in [0.4, 0.5) is 26.3 Å². The first-order valence-electron chi connectivity index (χ1n) is 6.64. The summed E-state index contributed by atoms with van der Waals surface area (Å²) in [6.45, 7) is 0.800. The molecule has 0 saturated carbocycles. The number of rotatable bonds is 5. The molecule has 0 aliphatic carbocycles. The monoisotopic (exact) mass is 372 g/mol. The molecule has 5 nitrogen and oxygen atoms in total. The first kappa shape index (κ1) is 20.5. The van der Waals surface area contributed by atoms with Gasteiger partial charge in [-0.15, -0.1) is 0 Å². The molecule has 0 radical (unpaired) electrons. The zero-order chi connectivity index (χ0) is 18.1. The van der Waals surface area contributed by atoms with Crippen molar-refractivity contribution in [3.63, 3.8) is 0 Å². The van der Waals surface area contributed by atoms with Crippen LogP contribution in [0.25, 0.3) is 0 Å². The number of halogens is 6. The van der Waals surface area contributed by atoms with Gasteiger partial charge in [-0.3, -0.25) is 4.90 Å². The topological polar surface area (TPSA) is 49.9 Å². The summed E-state index contributed by atoms with van der Waals surface area (Å²) in [7, 11) is -4.98. The highest BCUT2D eigenvalue weighted by molar-refractivity contribution is 7.90. The van der Waals surface area contributed by atoms with E-state index >= 15 is 0 Å². The lowest BCUT2D eigenvalue weighted by atomic mass is 10.1. The van der Waals surface area contributed by atoms with Gasteiger partial charge in [0.2, 0.25) is 10.0 Å². The summed E-state index contributed by atoms with van der Waals surface area (Å²) in [4.78, 5) is 1.70. The third-order valence-corrected chi connectivity index (χ3v) is 6.34. The van der Waals surface area contributed by atoms with Crippen LogP contribution in [0.15, 0.2) is 0 Å². The van der Waals surface area contributed by atoms with Crippen molar-refractivity contribution in [1.82, 2.24) is 9.21 Å². The second kappa shape index (κ2) is 6.73. The first-order valence-corrected chi connectivity index (χ1v) is 8.08. The summed E-state index contributed by atoms with van der Waals surface area (Å²) in [6, 6.07) is 0. The van der Waals surface area contributed by atoms with Gasteiger partial charge in [0.1, 0.15) is 0 Å². The van der Waals surface area contributed by atoms with Crippen LogP contribution in [-0.2, 0) is 14.8 Å². The lowest BCUT2D eigenvalue weighted by molar-refractivity contribution is -0.262. The van der Waals surface area contributed by atoms with Crippen LogP contribution >= 0.6 is 0 Å². The number of likely N-dealkylation sites (N-methyl/N-ethyl adjacent to an activating group) is 1. The molecule has 0 bridgehead atoms. The highest BCUT2D eigenvalue weighted by atomic mass is 32.2. The van der Waals surface area contributed by atoms with Crippen molar-refractivity contribution >= 4 is 10.0 Å². The molecule has 1 rings (SSSR count). The number of morpholine rings is 1. The zero-order valence-corrected chi connectivity index (χ0v) is 13.4. The van der Waals surface area contributed by atoms with E-state index in [2.05, 4.69) is 0 Å². The Hall–Kier alpha value is -0.590. The second-order valence-corrected chi connectivity index (χ2v) is 7.70. The molecule has 23 heavy (non-hydrogen) atoms. The molecule has 0 amide bonds. The van der Waals surface area contributed by atoms with Crippen LogP contribution in [0.2, 0.25) is 0 Å². The SMILES string of the molecule is CN(CCN1CCOCC1)S(=O)(=O)C(C)(C(F)(F)F)C(F)(F)F. The molecule has 0 unspecified atom stereocenters. The van der Waals surface area contributed by atoms with Crippen molar-refractivity contribution in [2.45, 2.75) is 24.0 Å². The fourth-order valence-electron chi connectivity index (χ4n) is 1.99. The lowest BCUT2D eigenvalue weighted by Crippen LogP contribution is -2.63. The Morgan fingerprint density at radius 2 is 1.48 bits per heavy atom. The molecule has 1 aliphatic heterocycles. The van der Waals surface area contributed by atoms with Gasteiger partial charge in [-0.2, -0.15) is 26.3 Å². The molecule has 0 atom stereocenters. The maximum absolute atomic E-state index is 12.9. The third-order valence-electron chi connectivity index (χ3n) is 3.84. The molecule has 1 heterocycles. The Kier molecular flexibility index (Phi) is 5.98. The zero-order valence-electron chi connectivity index (χ0n) is 12.5. The van der Waals surface area contributed by atoms with Crippen molar-refractivity contribution in [1.29, 1.82) is 0 Å². The van der Waals surface area contributed by atoms with E-state index in [1.807, 2.05) is 0 Å². The molecule has 1 aliphatic rings. The number of ether oxygens (including phenoxy) is 1. The summed E-state index contributed by atoms with van der Waals surface area (Å²) in [5.41, 5.74) is 0. The Morgan fingerprint density at radius 3 is 1.87 bits per heavy atom. The smallest absolute Gasteiger partial charge is 0.379 e. The van der Waals surface area contributed by atoms with Crippen LogP contribution in [0.3, 0.4) is 0 Å². The summed E-state index contributed by atoms with van der Waals surface area (Å²) < 4.78 is 102. The van der Waals surface area contributed by atoms with Gasteiger partial charge in [0.15, 0.2) is 0 Å². The molecule has 0 spiro atoms. The highest BCUT2D eigenvalue weighted by Crippen LogP contribution is 2.49. The summed E-state index contributed by atoms with van der Waals surface area (Å²) >= 11 is 0. The van der Waals surface area contributed by atoms with Crippen LogP contribution in [-0.4, -0.2) is 81.2 Å². The van der Waals surface area contributed by atoms with Gasteiger partial charge in [0, 0.05) is 33.2 Å². The average molecular weight is 372 g/mol. The minimum absolute atomic E-state index is 0.0187. The second-order valence-electron chi connectivity index (χ2n) is 5.31. The van der Waals surface area contributed by atoms with E-state index < -0.39 is 33.7 Å². The minimum atomic E-state index is -5.99. The van der Waals surface area contributed by atoms with Crippen molar-refractivity contribution < 1.29 is 39.5 Å². The highest BCUT2D eigenvalue weighted by Gasteiger charge is 2.76. The molecule has 1 saturated heterocycles. The van der Waals surface area contributed by atoms with E-state index in [0.29, 0.717) is 33.4 Å². The van der Waals surface area contributed by atoms with Crippen LogP contribution < -0.4 is 0 Å². The standard InChI is InChI=1S/C11H18F6N2O3S/c1-9(10(12,13)14,11(15,16)17)23(20,21)18(2)3-4-19-5-7-22-8-6-19/h3-8H2,1-2H3. The van der Waals surface area contributed by atoms with Crippen molar-refractivity contribution in [2.75, 3.05) is 46.4 Å². The van der Waals surface area contributed by atoms with E-state index in [-0.39, 0.29) is 17.8 Å². The fourth-order valence-corrected chi connectivity index (χ4v) is 3.52. The van der Waals surface area contributed by atoms with Crippen LogP contribution in [0.5, 0.6) is 0 Å². The molecule has 0 N–H and O–H groups in total. The minimum Gasteiger partial charge on any atom is -0.379 e. The molecule has 138 valence electrons. The summed E-state index contributed by atoms with van der Waals surface area (Å²) in [6.07, 6.45) is -12.0. The number of alkyl halides is 6. The molecule has 1 fully saturated rings. The maximum atomic E-state index is 12.9. The predicted octanol–water partition coefficient (Wildman–Crippen LogP) is 1.46. The van der Waals surface area contributed by atoms with E-state index in [4.69, 9.17) is 4.74 Å². The summed E-state index contributed by atoms with van der Waals surface area (Å²) in [5, 5.41) is 0. The largest absolute Gasteiger partial charge is 0.418 e. The van der Waals surface area contributed by atoms with Crippen molar-refractivity contribution in [2.24, 2.45) is 0 Å². The molecule has 12 heteroatoms. The first-order chi connectivity index (χ1) is 10.2. The van der Waals surface area contributed by atoms with Gasteiger partial charge in [0.25, 0.3) is 4.75 Å². The molecule has 0 aromatic rings. The fraction of sp³-hybridized carbons (Fsp3) is 1.00. The quantitative estimate of drug-likeness (QED) is 0.686. The Bertz CT molecular complexity index is 485. The lowest BCUT2D eigenvalue weighted by Gasteiger charge is -2.37. The molecule has 0 aromatic carbocycles. The van der Waals surface area contributed by atoms with Crippen molar-refractivity contribution in [3.05, 3.63) is 0 Å². The Morgan fingerprint density at radius 1 is 1.04 bits per heavy atom. The van der Waals surface area contributed by atoms with Gasteiger partial charge in [-0.05, 0) is 6.92 Å². The number of hydrogen-bond donors (Lipinski definition) is 0. The molecular weight excluding hydrogens is 354 g/mol. The van der Waals surface area contributed by atoms with Gasteiger partial charge < -0.3 is 4.74 Å². The van der Waals surface area contributed by atoms with Crippen LogP contribution in [0, 0.1) is 0 Å². The Balaban J connectivity index is 2.96. The van der Waals surface area contributed by atoms with Gasteiger partial charge in [-0.1, -0.05) is 0 Å². The van der Waals surface area contributed by atoms with E-state index in [0.717, 1.165) is 0 Å². The van der Waals surface area contributed by atoms with Crippen LogP contribution in [0.1, 0.15) is 6.92 Å². The van der Waals surface area contributed by atoms with Gasteiger partial charge in [-0.25, -0.2) is 12.7 Å². The number of sulfonamides is 1. The number of hydrogen-bond acceptors (Lipinski definition) is 4. The maximum Gasteiger partial charge on any atom is 0.418 e. The van der Waals surface area contributed by atoms with Gasteiger partial charge in [0.05, 0.1) is 13.2 Å². The molecule has 0 aromatic heterocycles. The van der Waals surface area contributed by atoms with E-state index in [9.17, 15) is 34.8 Å². The molecular formula is C11H18F6N2O3S. The third kappa shape index (κ3) is 3.91. The predicted molar refractivity (Wildman–Crippen MR) is 69.3 cm³/mol. The van der Waals surface area contributed by atoms with Crippen molar-refractivity contribution in [3.8, 4) is 0 Å². The summed E-state index contributed by atoms with van der Waals surface area (Å²) in [5.74, 6) is 0. The average Bonchev–Trinajstić information content (AvgIpc) is 2.42.